The van der Waals surface area contributed by atoms with Crippen molar-refractivity contribution in [2.45, 2.75) is 25.8 Å². The SMILES string of the molecule is CCNC(CN1CCCC1=O)c1ccc(OC)cc1OC. The molecule has 0 spiro atoms. The molecule has 1 saturated heterocycles. The zero-order valence-corrected chi connectivity index (χ0v) is 13.0. The van der Waals surface area contributed by atoms with Gasteiger partial charge in [-0.2, -0.15) is 0 Å². The van der Waals surface area contributed by atoms with Crippen molar-refractivity contribution in [3.05, 3.63) is 23.8 Å². The van der Waals surface area contributed by atoms with Crippen molar-refractivity contribution in [2.75, 3.05) is 33.9 Å². The Morgan fingerprint density at radius 1 is 1.33 bits per heavy atom. The number of nitrogens with zero attached hydrogens (tertiary/aromatic N) is 1. The molecule has 1 atom stereocenters. The molecule has 21 heavy (non-hydrogen) atoms. The van der Waals surface area contributed by atoms with E-state index in [2.05, 4.69) is 12.2 Å². The molecule has 1 amide bonds. The van der Waals surface area contributed by atoms with Crippen LogP contribution in [0, 0.1) is 0 Å². The number of hydrogen-bond acceptors (Lipinski definition) is 4. The Hall–Kier alpha value is -1.75. The van der Waals surface area contributed by atoms with E-state index in [0.29, 0.717) is 13.0 Å². The average Bonchev–Trinajstić information content (AvgIpc) is 2.91. The first-order valence-corrected chi connectivity index (χ1v) is 7.42. The molecule has 1 aliphatic rings. The molecule has 1 unspecified atom stereocenters. The first-order valence-electron chi connectivity index (χ1n) is 7.42. The molecule has 5 nitrogen and oxygen atoms in total. The molecule has 1 N–H and O–H groups in total. The predicted octanol–water partition coefficient (Wildman–Crippen LogP) is 1.98. The number of likely N-dealkylation sites (N-methyl/N-ethyl adjacent to an activating group) is 1. The van der Waals surface area contributed by atoms with Crippen LogP contribution in [0.1, 0.15) is 31.4 Å². The van der Waals surface area contributed by atoms with E-state index < -0.39 is 0 Å². The molecular weight excluding hydrogens is 268 g/mol. The Labute approximate surface area is 126 Å². The van der Waals surface area contributed by atoms with Gasteiger partial charge in [0.05, 0.1) is 20.3 Å². The number of rotatable bonds is 7. The van der Waals surface area contributed by atoms with Gasteiger partial charge in [0.1, 0.15) is 11.5 Å². The summed E-state index contributed by atoms with van der Waals surface area (Å²) < 4.78 is 10.7. The highest BCUT2D eigenvalue weighted by molar-refractivity contribution is 5.78. The molecule has 2 rings (SSSR count). The molecular formula is C16H24N2O3. The number of amides is 1. The number of carbonyl (C=O) groups excluding carboxylic acids is 1. The summed E-state index contributed by atoms with van der Waals surface area (Å²) in [7, 11) is 3.29. The summed E-state index contributed by atoms with van der Waals surface area (Å²) in [6.45, 7) is 4.42. The quantitative estimate of drug-likeness (QED) is 0.835. The van der Waals surface area contributed by atoms with Crippen LogP contribution in [-0.2, 0) is 4.79 Å². The van der Waals surface area contributed by atoms with Crippen molar-refractivity contribution >= 4 is 5.91 Å². The molecule has 1 aromatic rings. The number of nitrogens with one attached hydrogen (secondary N) is 1. The van der Waals surface area contributed by atoms with Crippen LogP contribution >= 0.6 is 0 Å². The van der Waals surface area contributed by atoms with Gasteiger partial charge in [0, 0.05) is 31.1 Å². The molecule has 5 heteroatoms. The normalized spacial score (nSPS) is 16.1. The second kappa shape index (κ2) is 7.31. The van der Waals surface area contributed by atoms with Crippen LogP contribution in [-0.4, -0.2) is 44.7 Å². The fraction of sp³-hybridized carbons (Fsp3) is 0.562. The maximum Gasteiger partial charge on any atom is 0.222 e. The Kier molecular flexibility index (Phi) is 5.44. The van der Waals surface area contributed by atoms with E-state index in [1.807, 2.05) is 23.1 Å². The largest absolute Gasteiger partial charge is 0.497 e. The van der Waals surface area contributed by atoms with Crippen molar-refractivity contribution in [3.63, 3.8) is 0 Å². The lowest BCUT2D eigenvalue weighted by Gasteiger charge is -2.26. The molecule has 1 fully saturated rings. The summed E-state index contributed by atoms with van der Waals surface area (Å²) in [4.78, 5) is 13.8. The van der Waals surface area contributed by atoms with Crippen LogP contribution in [0.25, 0.3) is 0 Å². The van der Waals surface area contributed by atoms with Gasteiger partial charge in [0.2, 0.25) is 5.91 Å². The third-order valence-electron chi connectivity index (χ3n) is 3.84. The van der Waals surface area contributed by atoms with E-state index in [1.54, 1.807) is 14.2 Å². The zero-order chi connectivity index (χ0) is 15.2. The van der Waals surface area contributed by atoms with Gasteiger partial charge in [-0.1, -0.05) is 6.92 Å². The minimum absolute atomic E-state index is 0.0675. The summed E-state index contributed by atoms with van der Waals surface area (Å²) in [5.74, 6) is 1.79. The number of ether oxygens (including phenoxy) is 2. The smallest absolute Gasteiger partial charge is 0.222 e. The van der Waals surface area contributed by atoms with Gasteiger partial charge in [-0.15, -0.1) is 0 Å². The van der Waals surface area contributed by atoms with E-state index in [-0.39, 0.29) is 11.9 Å². The fourth-order valence-corrected chi connectivity index (χ4v) is 2.74. The van der Waals surface area contributed by atoms with Crippen LogP contribution in [0.15, 0.2) is 18.2 Å². The van der Waals surface area contributed by atoms with E-state index in [9.17, 15) is 4.79 Å². The second-order valence-corrected chi connectivity index (χ2v) is 5.16. The van der Waals surface area contributed by atoms with E-state index in [4.69, 9.17) is 9.47 Å². The lowest BCUT2D eigenvalue weighted by atomic mass is 10.0. The Balaban J connectivity index is 2.22. The molecule has 0 bridgehead atoms. The van der Waals surface area contributed by atoms with Gasteiger partial charge in [-0.05, 0) is 25.1 Å². The first kappa shape index (κ1) is 15.6. The maximum absolute atomic E-state index is 11.8. The highest BCUT2D eigenvalue weighted by Gasteiger charge is 2.25. The van der Waals surface area contributed by atoms with Gasteiger partial charge < -0.3 is 19.7 Å². The number of carbonyl (C=O) groups is 1. The predicted molar refractivity (Wildman–Crippen MR) is 81.8 cm³/mol. The van der Waals surface area contributed by atoms with Crippen LogP contribution in [0.2, 0.25) is 0 Å². The Morgan fingerprint density at radius 2 is 2.14 bits per heavy atom. The minimum atomic E-state index is 0.0675. The standard InChI is InChI=1S/C16H24N2O3/c1-4-17-14(11-18-9-5-6-16(18)19)13-8-7-12(20-2)10-15(13)21-3/h7-8,10,14,17H,4-6,9,11H2,1-3H3. The zero-order valence-electron chi connectivity index (χ0n) is 13.0. The second-order valence-electron chi connectivity index (χ2n) is 5.16. The lowest BCUT2D eigenvalue weighted by molar-refractivity contribution is -0.128. The summed E-state index contributed by atoms with van der Waals surface area (Å²) in [5.41, 5.74) is 1.06. The van der Waals surface area contributed by atoms with Gasteiger partial charge >= 0.3 is 0 Å². The van der Waals surface area contributed by atoms with Crippen molar-refractivity contribution in [2.24, 2.45) is 0 Å². The van der Waals surface area contributed by atoms with Crippen LogP contribution < -0.4 is 14.8 Å². The molecule has 0 saturated carbocycles. The molecule has 0 aromatic heterocycles. The number of benzene rings is 1. The van der Waals surface area contributed by atoms with E-state index >= 15 is 0 Å². The van der Waals surface area contributed by atoms with Gasteiger partial charge in [0.25, 0.3) is 0 Å². The van der Waals surface area contributed by atoms with Crippen molar-refractivity contribution in [1.82, 2.24) is 10.2 Å². The van der Waals surface area contributed by atoms with E-state index in [0.717, 1.165) is 36.6 Å². The number of methoxy groups -OCH3 is 2. The van der Waals surface area contributed by atoms with Crippen molar-refractivity contribution in [1.29, 1.82) is 0 Å². The Bertz CT molecular complexity index is 490. The molecule has 116 valence electrons. The third-order valence-corrected chi connectivity index (χ3v) is 3.84. The maximum atomic E-state index is 11.8. The molecule has 0 aliphatic carbocycles. The average molecular weight is 292 g/mol. The Morgan fingerprint density at radius 3 is 2.71 bits per heavy atom. The van der Waals surface area contributed by atoms with Crippen molar-refractivity contribution < 1.29 is 14.3 Å². The number of likely N-dealkylation sites (tertiary alicyclic amines) is 1. The third kappa shape index (κ3) is 3.67. The summed E-state index contributed by atoms with van der Waals surface area (Å²) in [6.07, 6.45) is 1.62. The van der Waals surface area contributed by atoms with Gasteiger partial charge in [0.15, 0.2) is 0 Å². The topological polar surface area (TPSA) is 50.8 Å². The lowest BCUT2D eigenvalue weighted by Crippen LogP contribution is -2.36. The molecule has 1 heterocycles. The highest BCUT2D eigenvalue weighted by Crippen LogP contribution is 2.30. The van der Waals surface area contributed by atoms with Crippen LogP contribution in [0.3, 0.4) is 0 Å². The van der Waals surface area contributed by atoms with Crippen LogP contribution in [0.4, 0.5) is 0 Å². The fourth-order valence-electron chi connectivity index (χ4n) is 2.74. The van der Waals surface area contributed by atoms with Gasteiger partial charge in [-0.25, -0.2) is 0 Å². The summed E-state index contributed by atoms with van der Waals surface area (Å²) in [5, 5.41) is 3.44. The van der Waals surface area contributed by atoms with Crippen molar-refractivity contribution in [3.8, 4) is 11.5 Å². The first-order chi connectivity index (χ1) is 10.2. The highest BCUT2D eigenvalue weighted by atomic mass is 16.5. The number of hydrogen-bond donors (Lipinski definition) is 1. The minimum Gasteiger partial charge on any atom is -0.497 e. The summed E-state index contributed by atoms with van der Waals surface area (Å²) >= 11 is 0. The monoisotopic (exact) mass is 292 g/mol. The summed E-state index contributed by atoms with van der Waals surface area (Å²) in [6, 6.07) is 5.88. The van der Waals surface area contributed by atoms with Gasteiger partial charge in [-0.3, -0.25) is 4.79 Å². The molecule has 0 radical (unpaired) electrons. The molecule has 1 aliphatic heterocycles. The van der Waals surface area contributed by atoms with E-state index in [1.165, 1.54) is 0 Å². The van der Waals surface area contributed by atoms with Crippen LogP contribution in [0.5, 0.6) is 11.5 Å². The molecule has 1 aromatic carbocycles.